The van der Waals surface area contributed by atoms with Crippen molar-refractivity contribution in [2.45, 2.75) is 25.0 Å². The average molecular weight is 410 g/mol. The maximum atomic E-state index is 12.3. The van der Waals surface area contributed by atoms with Crippen molar-refractivity contribution in [1.29, 1.82) is 0 Å². The molecule has 3 aromatic rings. The summed E-state index contributed by atoms with van der Waals surface area (Å²) in [5.41, 5.74) is 2.40. The fraction of sp³-hybridized carbons (Fsp3) is 0.238. The lowest BCUT2D eigenvalue weighted by molar-refractivity contribution is -0.113. The highest BCUT2D eigenvalue weighted by Gasteiger charge is 2.19. The van der Waals surface area contributed by atoms with Crippen molar-refractivity contribution in [3.63, 3.8) is 0 Å². The van der Waals surface area contributed by atoms with Crippen LogP contribution in [0.15, 0.2) is 59.8 Å². The number of anilines is 1. The third-order valence-electron chi connectivity index (χ3n) is 4.39. The summed E-state index contributed by atoms with van der Waals surface area (Å²) in [4.78, 5) is 24.6. The number of rotatable bonds is 7. The van der Waals surface area contributed by atoms with Crippen LogP contribution in [0.1, 0.15) is 34.7 Å². The topological polar surface area (TPSA) is 88.9 Å². The molecule has 0 bridgehead atoms. The Morgan fingerprint density at radius 1 is 1.07 bits per heavy atom. The normalized spacial score (nSPS) is 11.7. The molecule has 1 aromatic heterocycles. The van der Waals surface area contributed by atoms with Gasteiger partial charge in [-0.2, -0.15) is 0 Å². The van der Waals surface area contributed by atoms with Gasteiger partial charge >= 0.3 is 0 Å². The zero-order valence-corrected chi connectivity index (χ0v) is 17.4. The maximum Gasteiger partial charge on any atom is 0.251 e. The van der Waals surface area contributed by atoms with Crippen LogP contribution in [0.5, 0.6) is 0 Å². The van der Waals surface area contributed by atoms with Crippen LogP contribution in [0.25, 0.3) is 0 Å². The molecule has 7 nitrogen and oxygen atoms in total. The number of para-hydroxylation sites is 1. The zero-order chi connectivity index (χ0) is 20.8. The number of thioether (sulfide) groups is 1. The van der Waals surface area contributed by atoms with E-state index in [1.165, 1.54) is 11.8 Å². The molecule has 150 valence electrons. The van der Waals surface area contributed by atoms with E-state index in [1.807, 2.05) is 63.4 Å². The summed E-state index contributed by atoms with van der Waals surface area (Å²) in [5.74, 6) is 0.550. The number of carbonyl (C=O) groups excluding carboxylic acids is 2. The van der Waals surface area contributed by atoms with E-state index in [0.29, 0.717) is 16.5 Å². The third-order valence-corrected chi connectivity index (χ3v) is 5.41. The summed E-state index contributed by atoms with van der Waals surface area (Å²) in [6, 6.07) is 16.3. The van der Waals surface area contributed by atoms with Gasteiger partial charge in [0.15, 0.2) is 11.0 Å². The number of benzene rings is 2. The summed E-state index contributed by atoms with van der Waals surface area (Å²) in [6.45, 7) is 3.80. The van der Waals surface area contributed by atoms with Crippen LogP contribution in [0.2, 0.25) is 0 Å². The monoisotopic (exact) mass is 409 g/mol. The highest BCUT2D eigenvalue weighted by Crippen LogP contribution is 2.20. The Labute approximate surface area is 173 Å². The molecule has 1 atom stereocenters. The number of amides is 2. The van der Waals surface area contributed by atoms with Gasteiger partial charge in [-0.3, -0.25) is 9.59 Å². The standard InChI is InChI=1S/C21H23N5O2S/c1-14-9-7-8-12-17(14)23-18(27)13-29-21-25-24-19(26(21)3)15(2)22-20(28)16-10-5-4-6-11-16/h4-12,15H,13H2,1-3H3,(H,22,28)(H,23,27)/t15-/m0/s1. The molecule has 2 aromatic carbocycles. The Hall–Kier alpha value is -3.13. The highest BCUT2D eigenvalue weighted by molar-refractivity contribution is 7.99. The molecule has 2 amide bonds. The van der Waals surface area contributed by atoms with E-state index >= 15 is 0 Å². The van der Waals surface area contributed by atoms with Gasteiger partial charge in [-0.15, -0.1) is 10.2 Å². The van der Waals surface area contributed by atoms with Crippen LogP contribution in [-0.2, 0) is 11.8 Å². The molecule has 1 heterocycles. The lowest BCUT2D eigenvalue weighted by Crippen LogP contribution is -2.28. The van der Waals surface area contributed by atoms with Crippen molar-refractivity contribution < 1.29 is 9.59 Å². The second kappa shape index (κ2) is 9.38. The number of carbonyl (C=O) groups is 2. The number of hydrogen-bond donors (Lipinski definition) is 2. The van der Waals surface area contributed by atoms with Gasteiger partial charge in [0.2, 0.25) is 5.91 Å². The summed E-state index contributed by atoms with van der Waals surface area (Å²) in [7, 11) is 1.82. The Kier molecular flexibility index (Phi) is 6.66. The zero-order valence-electron chi connectivity index (χ0n) is 16.5. The molecule has 0 aliphatic carbocycles. The molecule has 0 saturated carbocycles. The molecule has 3 rings (SSSR count). The Morgan fingerprint density at radius 2 is 1.76 bits per heavy atom. The van der Waals surface area contributed by atoms with Gasteiger partial charge in [-0.1, -0.05) is 48.2 Å². The molecule has 0 saturated heterocycles. The predicted octanol–water partition coefficient (Wildman–Crippen LogP) is 3.35. The van der Waals surface area contributed by atoms with Gasteiger partial charge in [-0.25, -0.2) is 0 Å². The molecule has 0 radical (unpaired) electrons. The molecule has 29 heavy (non-hydrogen) atoms. The number of nitrogens with zero attached hydrogens (tertiary/aromatic N) is 3. The van der Waals surface area contributed by atoms with E-state index in [9.17, 15) is 9.59 Å². The van der Waals surface area contributed by atoms with Crippen LogP contribution < -0.4 is 10.6 Å². The Balaban J connectivity index is 1.58. The van der Waals surface area contributed by atoms with Crippen LogP contribution in [0, 0.1) is 6.92 Å². The quantitative estimate of drug-likeness (QED) is 0.584. The molecular formula is C21H23N5O2S. The lowest BCUT2D eigenvalue weighted by Gasteiger charge is -2.13. The molecule has 0 aliphatic rings. The smallest absolute Gasteiger partial charge is 0.251 e. The first-order chi connectivity index (χ1) is 14.0. The van der Waals surface area contributed by atoms with E-state index in [4.69, 9.17) is 0 Å². The minimum atomic E-state index is -0.324. The first kappa shape index (κ1) is 20.6. The summed E-state index contributed by atoms with van der Waals surface area (Å²) >= 11 is 1.30. The number of aryl methyl sites for hydroxylation is 1. The molecule has 0 fully saturated rings. The van der Waals surface area contributed by atoms with Gasteiger partial charge in [0.25, 0.3) is 5.91 Å². The summed E-state index contributed by atoms with van der Waals surface area (Å²) in [6.07, 6.45) is 0. The van der Waals surface area contributed by atoms with E-state index in [0.717, 1.165) is 11.3 Å². The molecule has 0 unspecified atom stereocenters. The van der Waals surface area contributed by atoms with Gasteiger partial charge in [-0.05, 0) is 37.6 Å². The van der Waals surface area contributed by atoms with E-state index in [-0.39, 0.29) is 23.6 Å². The van der Waals surface area contributed by atoms with Gasteiger partial charge < -0.3 is 15.2 Å². The van der Waals surface area contributed by atoms with Crippen LogP contribution in [0.4, 0.5) is 5.69 Å². The van der Waals surface area contributed by atoms with Crippen LogP contribution in [-0.4, -0.2) is 32.3 Å². The van der Waals surface area contributed by atoms with E-state index in [2.05, 4.69) is 20.8 Å². The largest absolute Gasteiger partial charge is 0.342 e. The predicted molar refractivity (Wildman–Crippen MR) is 114 cm³/mol. The molecule has 0 spiro atoms. The molecule has 2 N–H and O–H groups in total. The minimum Gasteiger partial charge on any atom is -0.342 e. The Morgan fingerprint density at radius 3 is 2.48 bits per heavy atom. The number of hydrogen-bond acceptors (Lipinski definition) is 5. The number of aromatic nitrogens is 3. The fourth-order valence-corrected chi connectivity index (χ4v) is 3.51. The maximum absolute atomic E-state index is 12.3. The van der Waals surface area contributed by atoms with Crippen LogP contribution >= 0.6 is 11.8 Å². The minimum absolute atomic E-state index is 0.112. The highest BCUT2D eigenvalue weighted by atomic mass is 32.2. The first-order valence-electron chi connectivity index (χ1n) is 9.19. The van der Waals surface area contributed by atoms with E-state index in [1.54, 1.807) is 16.7 Å². The lowest BCUT2D eigenvalue weighted by atomic mass is 10.2. The number of nitrogens with one attached hydrogen (secondary N) is 2. The fourth-order valence-electron chi connectivity index (χ4n) is 2.79. The van der Waals surface area contributed by atoms with Crippen molar-refractivity contribution >= 4 is 29.3 Å². The van der Waals surface area contributed by atoms with Crippen molar-refractivity contribution in [1.82, 2.24) is 20.1 Å². The third kappa shape index (κ3) is 5.23. The van der Waals surface area contributed by atoms with Crippen molar-refractivity contribution in [2.75, 3.05) is 11.1 Å². The summed E-state index contributed by atoms with van der Waals surface area (Å²) in [5, 5.41) is 14.8. The molecule has 0 aliphatic heterocycles. The first-order valence-corrected chi connectivity index (χ1v) is 10.2. The van der Waals surface area contributed by atoms with E-state index < -0.39 is 0 Å². The van der Waals surface area contributed by atoms with Gasteiger partial charge in [0, 0.05) is 18.3 Å². The summed E-state index contributed by atoms with van der Waals surface area (Å²) < 4.78 is 1.79. The van der Waals surface area contributed by atoms with Crippen molar-refractivity contribution in [3.8, 4) is 0 Å². The molecular weight excluding hydrogens is 386 g/mol. The SMILES string of the molecule is Cc1ccccc1NC(=O)CSc1nnc([C@H](C)NC(=O)c2ccccc2)n1C. The average Bonchev–Trinajstić information content (AvgIpc) is 3.09. The van der Waals surface area contributed by atoms with Crippen LogP contribution in [0.3, 0.4) is 0 Å². The Bertz CT molecular complexity index is 1000. The second-order valence-corrected chi connectivity index (χ2v) is 7.56. The molecule has 8 heteroatoms. The van der Waals surface area contributed by atoms with Crippen molar-refractivity contribution in [2.24, 2.45) is 7.05 Å². The van der Waals surface area contributed by atoms with Gasteiger partial charge in [0.05, 0.1) is 11.8 Å². The van der Waals surface area contributed by atoms with Crippen molar-refractivity contribution in [3.05, 3.63) is 71.5 Å². The van der Waals surface area contributed by atoms with Gasteiger partial charge in [0.1, 0.15) is 0 Å². The second-order valence-electron chi connectivity index (χ2n) is 6.61.